The van der Waals surface area contributed by atoms with Gasteiger partial charge in [-0.15, -0.1) is 0 Å². The van der Waals surface area contributed by atoms with Gasteiger partial charge in [0.15, 0.2) is 0 Å². The van der Waals surface area contributed by atoms with Gasteiger partial charge >= 0.3 is 0 Å². The second kappa shape index (κ2) is 10.7. The molecule has 6 nitrogen and oxygen atoms in total. The molecule has 0 heterocycles. The Hall–Kier alpha value is -2.08. The molecule has 0 bridgehead atoms. The minimum Gasteiger partial charge on any atom is -0.489 e. The highest BCUT2D eigenvalue weighted by Gasteiger charge is 2.17. The van der Waals surface area contributed by atoms with E-state index in [0.717, 1.165) is 13.0 Å². The fourth-order valence-corrected chi connectivity index (χ4v) is 2.41. The van der Waals surface area contributed by atoms with Crippen molar-refractivity contribution in [1.29, 1.82) is 0 Å². The molecule has 0 aliphatic carbocycles. The predicted molar refractivity (Wildman–Crippen MR) is 101 cm³/mol. The third-order valence-corrected chi connectivity index (χ3v) is 3.57. The lowest BCUT2D eigenvalue weighted by Gasteiger charge is -2.24. The van der Waals surface area contributed by atoms with E-state index in [0.29, 0.717) is 24.5 Å². The van der Waals surface area contributed by atoms with Gasteiger partial charge in [0.05, 0.1) is 11.8 Å². The molecule has 140 valence electrons. The highest BCUT2D eigenvalue weighted by molar-refractivity contribution is 5.93. The van der Waals surface area contributed by atoms with Crippen LogP contribution in [0.15, 0.2) is 24.3 Å². The summed E-state index contributed by atoms with van der Waals surface area (Å²) in [5.41, 5.74) is 0.698. The van der Waals surface area contributed by atoms with Gasteiger partial charge in [0.1, 0.15) is 5.75 Å². The van der Waals surface area contributed by atoms with Crippen molar-refractivity contribution in [2.45, 2.75) is 39.7 Å². The van der Waals surface area contributed by atoms with Gasteiger partial charge in [-0.05, 0) is 53.0 Å². The Morgan fingerprint density at radius 1 is 1.16 bits per heavy atom. The molecule has 6 heteroatoms. The highest BCUT2D eigenvalue weighted by Crippen LogP contribution is 2.29. The third kappa shape index (κ3) is 8.03. The minimum absolute atomic E-state index is 0.00922. The third-order valence-electron chi connectivity index (χ3n) is 3.57. The normalized spacial score (nSPS) is 10.8. The zero-order chi connectivity index (χ0) is 18.8. The molecule has 0 fully saturated rings. The summed E-state index contributed by atoms with van der Waals surface area (Å²) in [6.07, 6.45) is 1.17. The fraction of sp³-hybridized carbons (Fsp3) is 0.579. The van der Waals surface area contributed by atoms with Crippen LogP contribution in [0.25, 0.3) is 0 Å². The van der Waals surface area contributed by atoms with Gasteiger partial charge in [-0.3, -0.25) is 9.59 Å². The van der Waals surface area contributed by atoms with Gasteiger partial charge in [-0.2, -0.15) is 0 Å². The number of carbonyl (C=O) groups is 2. The van der Waals surface area contributed by atoms with Gasteiger partial charge < -0.3 is 19.9 Å². The van der Waals surface area contributed by atoms with Crippen molar-refractivity contribution in [3.05, 3.63) is 24.3 Å². The lowest BCUT2D eigenvalue weighted by Crippen LogP contribution is -2.35. The van der Waals surface area contributed by atoms with Crippen molar-refractivity contribution in [3.8, 4) is 5.75 Å². The number of hydrogen-bond donors (Lipinski definition) is 1. The fourth-order valence-electron chi connectivity index (χ4n) is 2.41. The molecule has 0 atom stereocenters. The maximum absolute atomic E-state index is 12.1. The van der Waals surface area contributed by atoms with E-state index in [-0.39, 0.29) is 24.3 Å². The standard InChI is InChI=1S/C19H31N3O3/c1-15(2)25-18-10-7-6-9-17(18)22(16(3)23)14-11-19(24)20-12-8-13-21(4)5/h6-7,9-10,15H,8,11-14H2,1-5H3,(H,20,24). The summed E-state index contributed by atoms with van der Waals surface area (Å²) in [5.74, 6) is 0.492. The maximum Gasteiger partial charge on any atom is 0.223 e. The molecular weight excluding hydrogens is 318 g/mol. The van der Waals surface area contributed by atoms with Crippen LogP contribution in [0.1, 0.15) is 33.6 Å². The number of carbonyl (C=O) groups excluding carboxylic acids is 2. The lowest BCUT2D eigenvalue weighted by molar-refractivity contribution is -0.121. The summed E-state index contributed by atoms with van der Waals surface area (Å²) in [6.45, 7) is 7.28. The largest absolute Gasteiger partial charge is 0.489 e. The van der Waals surface area contributed by atoms with Crippen molar-refractivity contribution in [3.63, 3.8) is 0 Å². The molecule has 0 aliphatic rings. The highest BCUT2D eigenvalue weighted by atomic mass is 16.5. The van der Waals surface area contributed by atoms with E-state index in [4.69, 9.17) is 4.74 Å². The lowest BCUT2D eigenvalue weighted by atomic mass is 10.2. The summed E-state index contributed by atoms with van der Waals surface area (Å²) in [5, 5.41) is 2.90. The van der Waals surface area contributed by atoms with Gasteiger partial charge in [0, 0.05) is 26.4 Å². The summed E-state index contributed by atoms with van der Waals surface area (Å²) in [6, 6.07) is 7.41. The molecule has 0 saturated heterocycles. The molecule has 0 aromatic heterocycles. The van der Waals surface area contributed by atoms with E-state index in [1.807, 2.05) is 52.2 Å². The Morgan fingerprint density at radius 2 is 1.84 bits per heavy atom. The van der Waals surface area contributed by atoms with Gasteiger partial charge in [-0.1, -0.05) is 12.1 Å². The number of anilines is 1. The van der Waals surface area contributed by atoms with Crippen LogP contribution >= 0.6 is 0 Å². The predicted octanol–water partition coefficient (Wildman–Crippen LogP) is 2.28. The van der Waals surface area contributed by atoms with Crippen LogP contribution in [0.2, 0.25) is 0 Å². The Balaban J connectivity index is 2.64. The molecule has 1 rings (SSSR count). The topological polar surface area (TPSA) is 61.9 Å². The van der Waals surface area contributed by atoms with Crippen LogP contribution in [-0.2, 0) is 9.59 Å². The first kappa shape index (κ1) is 21.0. The number of nitrogens with zero attached hydrogens (tertiary/aromatic N) is 2. The summed E-state index contributed by atoms with van der Waals surface area (Å²) < 4.78 is 5.79. The number of para-hydroxylation sites is 2. The van der Waals surface area contributed by atoms with E-state index in [2.05, 4.69) is 10.2 Å². The first-order valence-corrected chi connectivity index (χ1v) is 8.76. The van der Waals surface area contributed by atoms with Crippen molar-refractivity contribution in [2.75, 3.05) is 38.6 Å². The number of hydrogen-bond acceptors (Lipinski definition) is 4. The zero-order valence-corrected chi connectivity index (χ0v) is 16.0. The Kier molecular flexibility index (Phi) is 8.99. The number of ether oxygens (including phenoxy) is 1. The Labute approximate surface area is 151 Å². The van der Waals surface area contributed by atoms with Gasteiger partial charge in [-0.25, -0.2) is 0 Å². The molecule has 1 aromatic rings. The number of benzene rings is 1. The van der Waals surface area contributed by atoms with E-state index < -0.39 is 0 Å². The first-order valence-electron chi connectivity index (χ1n) is 8.76. The van der Waals surface area contributed by atoms with Crippen molar-refractivity contribution in [1.82, 2.24) is 10.2 Å². The Morgan fingerprint density at radius 3 is 2.44 bits per heavy atom. The second-order valence-corrected chi connectivity index (χ2v) is 6.56. The van der Waals surface area contributed by atoms with Crippen molar-refractivity contribution in [2.24, 2.45) is 0 Å². The van der Waals surface area contributed by atoms with E-state index in [1.54, 1.807) is 4.90 Å². The summed E-state index contributed by atoms with van der Waals surface area (Å²) in [7, 11) is 4.01. The zero-order valence-electron chi connectivity index (χ0n) is 16.0. The average Bonchev–Trinajstić information content (AvgIpc) is 2.52. The first-order chi connectivity index (χ1) is 11.8. The molecule has 0 aliphatic heterocycles. The SMILES string of the molecule is CC(=O)N(CCC(=O)NCCCN(C)C)c1ccccc1OC(C)C. The average molecular weight is 349 g/mol. The quantitative estimate of drug-likeness (QED) is 0.658. The number of rotatable bonds is 10. The van der Waals surface area contributed by atoms with Crippen LogP contribution in [0, 0.1) is 0 Å². The van der Waals surface area contributed by atoms with E-state index in [1.165, 1.54) is 6.92 Å². The van der Waals surface area contributed by atoms with Crippen molar-refractivity contribution >= 4 is 17.5 Å². The smallest absolute Gasteiger partial charge is 0.223 e. The molecule has 0 radical (unpaired) electrons. The number of nitrogens with one attached hydrogen (secondary N) is 1. The maximum atomic E-state index is 12.1. The number of amides is 2. The molecule has 0 spiro atoms. The van der Waals surface area contributed by atoms with Crippen LogP contribution in [0.4, 0.5) is 5.69 Å². The molecule has 1 N–H and O–H groups in total. The Bertz CT molecular complexity index is 559. The van der Waals surface area contributed by atoms with Gasteiger partial charge in [0.2, 0.25) is 11.8 Å². The molecule has 1 aromatic carbocycles. The molecule has 0 saturated carbocycles. The molecule has 25 heavy (non-hydrogen) atoms. The minimum atomic E-state index is -0.111. The van der Waals surface area contributed by atoms with Crippen LogP contribution in [0.5, 0.6) is 5.75 Å². The van der Waals surface area contributed by atoms with Crippen LogP contribution in [0.3, 0.4) is 0 Å². The second-order valence-electron chi connectivity index (χ2n) is 6.56. The van der Waals surface area contributed by atoms with Crippen LogP contribution in [-0.4, -0.2) is 56.5 Å². The van der Waals surface area contributed by atoms with E-state index >= 15 is 0 Å². The van der Waals surface area contributed by atoms with Gasteiger partial charge in [0.25, 0.3) is 0 Å². The van der Waals surface area contributed by atoms with Crippen molar-refractivity contribution < 1.29 is 14.3 Å². The van der Waals surface area contributed by atoms with Crippen LogP contribution < -0.4 is 15.0 Å². The summed E-state index contributed by atoms with van der Waals surface area (Å²) in [4.78, 5) is 27.8. The molecule has 2 amide bonds. The molecule has 0 unspecified atom stereocenters. The molecular formula is C19H31N3O3. The monoisotopic (exact) mass is 349 g/mol. The van der Waals surface area contributed by atoms with E-state index in [9.17, 15) is 9.59 Å². The summed E-state index contributed by atoms with van der Waals surface area (Å²) >= 11 is 0.